The third-order valence-corrected chi connectivity index (χ3v) is 4.78. The van der Waals surface area contributed by atoms with Crippen LogP contribution in [-0.4, -0.2) is 52.4 Å². The highest BCUT2D eigenvalue weighted by molar-refractivity contribution is 9.11. The van der Waals surface area contributed by atoms with Gasteiger partial charge in [-0.15, -0.1) is 16.4 Å². The van der Waals surface area contributed by atoms with Crippen LogP contribution in [0.3, 0.4) is 0 Å². The van der Waals surface area contributed by atoms with Gasteiger partial charge in [0.2, 0.25) is 0 Å². The predicted octanol–water partition coefficient (Wildman–Crippen LogP) is 2.77. The number of amides is 1. The molecule has 0 spiro atoms. The average Bonchev–Trinajstić information content (AvgIpc) is 3.16. The summed E-state index contributed by atoms with van der Waals surface area (Å²) in [6.45, 7) is 5.82. The van der Waals surface area contributed by atoms with Crippen molar-refractivity contribution in [1.82, 2.24) is 19.9 Å². The molecule has 2 aromatic rings. The molecule has 1 amide bonds. The Morgan fingerprint density at radius 2 is 2.08 bits per heavy atom. The number of rotatable bonds is 9. The van der Waals surface area contributed by atoms with Crippen LogP contribution in [0.5, 0.6) is 0 Å². The van der Waals surface area contributed by atoms with Crippen LogP contribution in [0.4, 0.5) is 0 Å². The van der Waals surface area contributed by atoms with Crippen molar-refractivity contribution in [3.05, 3.63) is 32.7 Å². The van der Waals surface area contributed by atoms with Gasteiger partial charge in [0.05, 0.1) is 23.1 Å². The van der Waals surface area contributed by atoms with Crippen molar-refractivity contribution in [2.75, 3.05) is 20.3 Å². The molecule has 0 saturated heterocycles. The van der Waals surface area contributed by atoms with E-state index in [2.05, 4.69) is 26.2 Å². The normalized spacial score (nSPS) is 11.2. The minimum atomic E-state index is -0.397. The predicted molar refractivity (Wildman–Crippen MR) is 94.9 cm³/mol. The summed E-state index contributed by atoms with van der Waals surface area (Å²) in [5.74, 6) is -0.171. The number of aromatic nitrogens is 3. The Bertz CT molecular complexity index is 655. The van der Waals surface area contributed by atoms with Crippen molar-refractivity contribution in [2.45, 2.75) is 33.2 Å². The van der Waals surface area contributed by atoms with Gasteiger partial charge in [-0.1, -0.05) is 5.21 Å². The molecule has 0 atom stereocenters. The first-order valence-corrected chi connectivity index (χ1v) is 9.27. The second kappa shape index (κ2) is 9.26. The molecule has 2 rings (SSSR count). The van der Waals surface area contributed by atoms with Crippen LogP contribution in [0.1, 0.15) is 29.2 Å². The zero-order chi connectivity index (χ0) is 17.5. The van der Waals surface area contributed by atoms with E-state index in [0.717, 1.165) is 8.66 Å². The maximum absolute atomic E-state index is 12.4. The zero-order valence-corrected chi connectivity index (χ0v) is 16.3. The Morgan fingerprint density at radius 3 is 2.67 bits per heavy atom. The minimum Gasteiger partial charge on any atom is -0.351 e. The summed E-state index contributed by atoms with van der Waals surface area (Å²) in [7, 11) is 1.75. The smallest absolute Gasteiger partial charge is 0.276 e. The fourth-order valence-corrected chi connectivity index (χ4v) is 3.64. The molecule has 0 aromatic carbocycles. The van der Waals surface area contributed by atoms with Crippen molar-refractivity contribution in [1.29, 1.82) is 0 Å². The van der Waals surface area contributed by atoms with E-state index in [1.54, 1.807) is 34.2 Å². The van der Waals surface area contributed by atoms with Crippen molar-refractivity contribution in [3.63, 3.8) is 0 Å². The SMILES string of the molecule is CCOC(Cn1cc(C(=O)N(C)Cc2ccc(Br)s2)nn1)OCC. The lowest BCUT2D eigenvalue weighted by atomic mass is 10.3. The molecule has 0 aliphatic rings. The van der Waals surface area contributed by atoms with Gasteiger partial charge >= 0.3 is 0 Å². The van der Waals surface area contributed by atoms with Gasteiger partial charge in [0, 0.05) is 25.1 Å². The Morgan fingerprint density at radius 1 is 1.38 bits per heavy atom. The highest BCUT2D eigenvalue weighted by atomic mass is 79.9. The molecule has 7 nitrogen and oxygen atoms in total. The summed E-state index contributed by atoms with van der Waals surface area (Å²) in [5.41, 5.74) is 0.305. The van der Waals surface area contributed by atoms with E-state index in [1.165, 1.54) is 0 Å². The molecule has 0 bridgehead atoms. The van der Waals surface area contributed by atoms with Crippen LogP contribution < -0.4 is 0 Å². The number of ether oxygens (including phenoxy) is 2. The zero-order valence-electron chi connectivity index (χ0n) is 13.9. The number of halogens is 1. The van der Waals surface area contributed by atoms with Crippen LogP contribution in [0, 0.1) is 0 Å². The lowest BCUT2D eigenvalue weighted by Crippen LogP contribution is -2.26. The molecule has 132 valence electrons. The molecule has 0 N–H and O–H groups in total. The van der Waals surface area contributed by atoms with Gasteiger partial charge in [-0.3, -0.25) is 4.79 Å². The third kappa shape index (κ3) is 5.37. The van der Waals surface area contributed by atoms with E-state index in [4.69, 9.17) is 9.47 Å². The molecule has 0 saturated carbocycles. The van der Waals surface area contributed by atoms with Crippen LogP contribution in [0.15, 0.2) is 22.1 Å². The van der Waals surface area contributed by atoms with Crippen molar-refractivity contribution in [3.8, 4) is 0 Å². The summed E-state index contributed by atoms with van der Waals surface area (Å²) in [6, 6.07) is 3.96. The molecule has 0 fully saturated rings. The molecule has 0 radical (unpaired) electrons. The van der Waals surface area contributed by atoms with Crippen LogP contribution in [-0.2, 0) is 22.6 Å². The molecular formula is C15H21BrN4O3S. The second-order valence-electron chi connectivity index (χ2n) is 5.03. The number of hydrogen-bond donors (Lipinski definition) is 0. The lowest BCUT2D eigenvalue weighted by molar-refractivity contribution is -0.145. The number of carbonyl (C=O) groups excluding carboxylic acids is 1. The monoisotopic (exact) mass is 416 g/mol. The van der Waals surface area contributed by atoms with Crippen LogP contribution in [0.25, 0.3) is 0 Å². The first kappa shape index (κ1) is 19.0. The second-order valence-corrected chi connectivity index (χ2v) is 7.58. The van der Waals surface area contributed by atoms with E-state index in [9.17, 15) is 4.79 Å². The molecule has 2 aromatic heterocycles. The fraction of sp³-hybridized carbons (Fsp3) is 0.533. The fourth-order valence-electron chi connectivity index (χ4n) is 2.10. The quantitative estimate of drug-likeness (QED) is 0.587. The van der Waals surface area contributed by atoms with Crippen LogP contribution in [0.2, 0.25) is 0 Å². The molecule has 2 heterocycles. The molecule has 0 unspecified atom stereocenters. The van der Waals surface area contributed by atoms with Gasteiger partial charge in [-0.05, 0) is 41.9 Å². The van der Waals surface area contributed by atoms with Gasteiger partial charge in [0.25, 0.3) is 5.91 Å². The maximum atomic E-state index is 12.4. The van der Waals surface area contributed by atoms with Crippen molar-refractivity contribution in [2.24, 2.45) is 0 Å². The Kier molecular flexibility index (Phi) is 7.35. The number of hydrogen-bond acceptors (Lipinski definition) is 6. The molecular weight excluding hydrogens is 396 g/mol. The Labute approximate surface area is 153 Å². The Balaban J connectivity index is 1.96. The van der Waals surface area contributed by atoms with Gasteiger partial charge in [-0.25, -0.2) is 4.68 Å². The van der Waals surface area contributed by atoms with Gasteiger partial charge < -0.3 is 14.4 Å². The minimum absolute atomic E-state index is 0.171. The van der Waals surface area contributed by atoms with E-state index >= 15 is 0 Å². The lowest BCUT2D eigenvalue weighted by Gasteiger charge is -2.16. The van der Waals surface area contributed by atoms with Crippen LogP contribution >= 0.6 is 27.3 Å². The number of carbonyl (C=O) groups is 1. The molecule has 0 aliphatic heterocycles. The standard InChI is InChI=1S/C15H21BrN4O3S/c1-4-22-14(23-5-2)10-20-9-12(17-18-20)15(21)19(3)8-11-6-7-13(16)24-11/h6-7,9,14H,4-5,8,10H2,1-3H3. The Hall–Kier alpha value is -1.29. The van der Waals surface area contributed by atoms with E-state index in [1.807, 2.05) is 26.0 Å². The van der Waals surface area contributed by atoms with Gasteiger partial charge in [0.1, 0.15) is 0 Å². The van der Waals surface area contributed by atoms with Crippen molar-refractivity contribution < 1.29 is 14.3 Å². The topological polar surface area (TPSA) is 69.5 Å². The third-order valence-electron chi connectivity index (χ3n) is 3.17. The first-order chi connectivity index (χ1) is 11.5. The summed E-state index contributed by atoms with van der Waals surface area (Å²) in [4.78, 5) is 15.2. The van der Waals surface area contributed by atoms with Gasteiger partial charge in [-0.2, -0.15) is 0 Å². The highest BCUT2D eigenvalue weighted by Gasteiger charge is 2.18. The van der Waals surface area contributed by atoms with Gasteiger partial charge in [0.15, 0.2) is 12.0 Å². The molecule has 0 aliphatic carbocycles. The summed E-state index contributed by atoms with van der Waals surface area (Å²) in [6.07, 6.45) is 1.22. The summed E-state index contributed by atoms with van der Waals surface area (Å²) < 4.78 is 13.6. The van der Waals surface area contributed by atoms with Crippen molar-refractivity contribution >= 4 is 33.2 Å². The van der Waals surface area contributed by atoms with E-state index in [-0.39, 0.29) is 5.91 Å². The first-order valence-electron chi connectivity index (χ1n) is 7.66. The maximum Gasteiger partial charge on any atom is 0.276 e. The summed E-state index contributed by atoms with van der Waals surface area (Å²) >= 11 is 5.02. The largest absolute Gasteiger partial charge is 0.351 e. The molecule has 24 heavy (non-hydrogen) atoms. The number of thiophene rings is 1. The summed E-state index contributed by atoms with van der Waals surface area (Å²) in [5, 5.41) is 7.95. The number of nitrogens with zero attached hydrogens (tertiary/aromatic N) is 4. The average molecular weight is 417 g/mol. The highest BCUT2D eigenvalue weighted by Crippen LogP contribution is 2.23. The van der Waals surface area contributed by atoms with E-state index in [0.29, 0.717) is 32.0 Å². The van der Waals surface area contributed by atoms with E-state index < -0.39 is 6.29 Å². The molecule has 9 heteroatoms.